The maximum atomic E-state index is 11.7. The molecule has 6 nitrogen and oxygen atoms in total. The molecule has 0 bridgehead atoms. The molecule has 0 aromatic carbocycles. The molecule has 2 rings (SSSR count). The molecule has 2 heterocycles. The minimum Gasteiger partial charge on any atom is -0.360 e. The average molecular weight is 252 g/mol. The molecule has 1 aromatic rings. The topological polar surface area (TPSA) is 70.4 Å². The quantitative estimate of drug-likeness (QED) is 0.776. The van der Waals surface area contributed by atoms with Crippen molar-refractivity contribution in [3.05, 3.63) is 11.8 Å². The summed E-state index contributed by atoms with van der Waals surface area (Å²) in [6.45, 7) is 7.73. The van der Waals surface area contributed by atoms with E-state index in [1.54, 1.807) is 13.0 Å². The van der Waals surface area contributed by atoms with E-state index < -0.39 is 0 Å². The summed E-state index contributed by atoms with van der Waals surface area (Å²) in [6, 6.07) is 2.29. The van der Waals surface area contributed by atoms with Crippen molar-refractivity contribution < 1.29 is 9.32 Å². The van der Waals surface area contributed by atoms with Crippen molar-refractivity contribution in [2.45, 2.75) is 26.3 Å². The number of anilines is 1. The third kappa shape index (κ3) is 3.30. The van der Waals surface area contributed by atoms with Gasteiger partial charge in [-0.15, -0.1) is 0 Å². The molecule has 18 heavy (non-hydrogen) atoms. The lowest BCUT2D eigenvalue weighted by Gasteiger charge is -2.37. The van der Waals surface area contributed by atoms with Crippen LogP contribution in [0.5, 0.6) is 0 Å². The summed E-state index contributed by atoms with van der Waals surface area (Å²) in [5.74, 6) is 1.17. The van der Waals surface area contributed by atoms with Gasteiger partial charge in [-0.2, -0.15) is 0 Å². The number of rotatable bonds is 6. The van der Waals surface area contributed by atoms with Crippen LogP contribution in [0.25, 0.3) is 0 Å². The lowest BCUT2D eigenvalue weighted by atomic mass is 10.1. The Labute approximate surface area is 107 Å². The van der Waals surface area contributed by atoms with Crippen LogP contribution in [0, 0.1) is 6.92 Å². The number of aryl methyl sites for hydroxylation is 1. The van der Waals surface area contributed by atoms with Crippen LogP contribution in [0.15, 0.2) is 10.6 Å². The molecule has 1 aromatic heterocycles. The van der Waals surface area contributed by atoms with E-state index in [4.69, 9.17) is 4.52 Å². The van der Waals surface area contributed by atoms with E-state index in [9.17, 15) is 4.79 Å². The van der Waals surface area contributed by atoms with Crippen LogP contribution in [0.1, 0.15) is 19.1 Å². The first-order chi connectivity index (χ1) is 8.69. The normalized spacial score (nSPS) is 15.7. The zero-order valence-corrected chi connectivity index (χ0v) is 10.9. The minimum absolute atomic E-state index is 0.0194. The molecule has 1 saturated heterocycles. The van der Waals surface area contributed by atoms with Gasteiger partial charge in [0.1, 0.15) is 5.76 Å². The maximum Gasteiger partial charge on any atom is 0.226 e. The zero-order valence-electron chi connectivity index (χ0n) is 10.9. The van der Waals surface area contributed by atoms with Gasteiger partial charge in [-0.3, -0.25) is 9.69 Å². The number of hydrogen-bond donors (Lipinski definition) is 2. The summed E-state index contributed by atoms with van der Waals surface area (Å²) in [5, 5.41) is 9.71. The number of carbonyl (C=O) groups excluding carboxylic acids is 1. The first-order valence-electron chi connectivity index (χ1n) is 6.37. The van der Waals surface area contributed by atoms with Gasteiger partial charge in [0.25, 0.3) is 0 Å². The summed E-state index contributed by atoms with van der Waals surface area (Å²) in [4.78, 5) is 14.1. The summed E-state index contributed by atoms with van der Waals surface area (Å²) in [7, 11) is 0. The highest BCUT2D eigenvalue weighted by molar-refractivity contribution is 5.89. The van der Waals surface area contributed by atoms with Gasteiger partial charge in [-0.05, 0) is 13.5 Å². The number of nitrogens with zero attached hydrogens (tertiary/aromatic N) is 2. The van der Waals surface area contributed by atoms with Crippen molar-refractivity contribution in [1.29, 1.82) is 0 Å². The fourth-order valence-corrected chi connectivity index (χ4v) is 2.01. The lowest BCUT2D eigenvalue weighted by molar-refractivity contribution is -0.116. The molecule has 1 aliphatic heterocycles. The number of hydrogen-bond acceptors (Lipinski definition) is 5. The van der Waals surface area contributed by atoms with Crippen LogP contribution in [-0.2, 0) is 4.79 Å². The van der Waals surface area contributed by atoms with Crippen molar-refractivity contribution >= 4 is 11.7 Å². The van der Waals surface area contributed by atoms with Gasteiger partial charge in [0.2, 0.25) is 5.91 Å². The number of aromatic nitrogens is 1. The largest absolute Gasteiger partial charge is 0.360 e. The number of amides is 1. The van der Waals surface area contributed by atoms with E-state index in [1.165, 1.54) is 0 Å². The van der Waals surface area contributed by atoms with Crippen molar-refractivity contribution in [1.82, 2.24) is 15.4 Å². The smallest absolute Gasteiger partial charge is 0.226 e. The predicted molar refractivity (Wildman–Crippen MR) is 68.4 cm³/mol. The highest BCUT2D eigenvalue weighted by Crippen LogP contribution is 2.09. The summed E-state index contributed by atoms with van der Waals surface area (Å²) < 4.78 is 4.89. The monoisotopic (exact) mass is 252 g/mol. The Kier molecular flexibility index (Phi) is 4.33. The Hall–Kier alpha value is -1.40. The molecular formula is C12H20N4O2. The summed E-state index contributed by atoms with van der Waals surface area (Å²) >= 11 is 0. The Morgan fingerprint density at radius 1 is 1.67 bits per heavy atom. The second kappa shape index (κ2) is 5.97. The maximum absolute atomic E-state index is 11.7. The van der Waals surface area contributed by atoms with Gasteiger partial charge in [-0.1, -0.05) is 12.1 Å². The molecule has 1 amide bonds. The number of likely N-dealkylation sites (N-methyl/N-ethyl adjacent to an activating group) is 1. The van der Waals surface area contributed by atoms with Gasteiger partial charge in [-0.25, -0.2) is 0 Å². The molecule has 0 spiro atoms. The Balaban J connectivity index is 1.73. The van der Waals surface area contributed by atoms with Crippen molar-refractivity contribution in [3.8, 4) is 0 Å². The highest BCUT2D eigenvalue weighted by atomic mass is 16.5. The molecule has 6 heteroatoms. The van der Waals surface area contributed by atoms with E-state index >= 15 is 0 Å². The number of nitrogens with one attached hydrogen (secondary N) is 2. The summed E-state index contributed by atoms with van der Waals surface area (Å²) in [6.07, 6.45) is 0.482. The van der Waals surface area contributed by atoms with E-state index in [-0.39, 0.29) is 5.91 Å². The molecular weight excluding hydrogens is 232 g/mol. The van der Waals surface area contributed by atoms with Crippen LogP contribution >= 0.6 is 0 Å². The first-order valence-corrected chi connectivity index (χ1v) is 6.37. The van der Waals surface area contributed by atoms with Crippen LogP contribution in [0.3, 0.4) is 0 Å². The molecule has 0 atom stereocenters. The second-order valence-electron chi connectivity index (χ2n) is 4.56. The third-order valence-electron chi connectivity index (χ3n) is 3.20. The van der Waals surface area contributed by atoms with Gasteiger partial charge in [0.05, 0.1) is 0 Å². The third-order valence-corrected chi connectivity index (χ3v) is 3.20. The average Bonchev–Trinajstić information content (AvgIpc) is 2.67. The molecule has 0 aliphatic carbocycles. The molecule has 1 aliphatic rings. The molecule has 0 radical (unpaired) electrons. The molecule has 1 fully saturated rings. The van der Waals surface area contributed by atoms with E-state index in [0.717, 1.165) is 26.2 Å². The second-order valence-corrected chi connectivity index (χ2v) is 4.56. The van der Waals surface area contributed by atoms with Gasteiger partial charge in [0, 0.05) is 38.2 Å². The van der Waals surface area contributed by atoms with E-state index in [2.05, 4.69) is 27.6 Å². The van der Waals surface area contributed by atoms with Gasteiger partial charge in [0.15, 0.2) is 5.82 Å². The fraction of sp³-hybridized carbons (Fsp3) is 0.667. The van der Waals surface area contributed by atoms with Gasteiger partial charge < -0.3 is 15.2 Å². The van der Waals surface area contributed by atoms with Crippen LogP contribution in [-0.4, -0.2) is 48.2 Å². The highest BCUT2D eigenvalue weighted by Gasteiger charge is 2.23. The molecule has 2 N–H and O–H groups in total. The predicted octanol–water partition coefficient (Wildman–Crippen LogP) is 0.605. The molecule has 0 unspecified atom stereocenters. The number of carbonyl (C=O) groups is 1. The minimum atomic E-state index is -0.0194. The molecule has 0 saturated carbocycles. The standard InChI is InChI=1S/C12H20N4O2/c1-3-16(10-7-13-8-10)5-4-12(17)14-11-6-9(2)18-15-11/h6,10,13H,3-5,7-8H2,1-2H3,(H,14,15,17). The van der Waals surface area contributed by atoms with Crippen molar-refractivity contribution in [3.63, 3.8) is 0 Å². The first kappa shape index (κ1) is 13.0. The van der Waals surface area contributed by atoms with Gasteiger partial charge >= 0.3 is 0 Å². The Morgan fingerprint density at radius 3 is 2.94 bits per heavy atom. The van der Waals surface area contributed by atoms with Crippen LogP contribution in [0.2, 0.25) is 0 Å². The van der Waals surface area contributed by atoms with E-state index in [1.807, 2.05) is 0 Å². The SMILES string of the molecule is CCN(CCC(=O)Nc1cc(C)on1)C1CNC1. The summed E-state index contributed by atoms with van der Waals surface area (Å²) in [5.41, 5.74) is 0. The van der Waals surface area contributed by atoms with Crippen LogP contribution < -0.4 is 10.6 Å². The van der Waals surface area contributed by atoms with Crippen LogP contribution in [0.4, 0.5) is 5.82 Å². The zero-order chi connectivity index (χ0) is 13.0. The lowest BCUT2D eigenvalue weighted by Crippen LogP contribution is -2.57. The Morgan fingerprint density at radius 2 is 2.44 bits per heavy atom. The molecule has 100 valence electrons. The van der Waals surface area contributed by atoms with E-state index in [0.29, 0.717) is 24.0 Å². The fourth-order valence-electron chi connectivity index (χ4n) is 2.01. The van der Waals surface area contributed by atoms with Crippen molar-refractivity contribution in [2.24, 2.45) is 0 Å². The Bertz CT molecular complexity index is 401. The van der Waals surface area contributed by atoms with Crippen molar-refractivity contribution in [2.75, 3.05) is 31.5 Å².